The summed E-state index contributed by atoms with van der Waals surface area (Å²) in [6, 6.07) is 11.6. The van der Waals surface area contributed by atoms with Crippen molar-refractivity contribution >= 4 is 11.0 Å². The molecule has 0 radical (unpaired) electrons. The second-order valence-corrected chi connectivity index (χ2v) is 4.23. The van der Waals surface area contributed by atoms with E-state index >= 15 is 0 Å². The van der Waals surface area contributed by atoms with Crippen molar-refractivity contribution in [1.82, 2.24) is 14.5 Å². The Morgan fingerprint density at radius 1 is 1.21 bits per heavy atom. The van der Waals surface area contributed by atoms with Crippen LogP contribution in [-0.4, -0.2) is 14.5 Å². The molecule has 92 valence electrons. The van der Waals surface area contributed by atoms with E-state index in [4.69, 9.17) is 5.26 Å². The van der Waals surface area contributed by atoms with Crippen LogP contribution in [0.4, 0.5) is 0 Å². The molecule has 0 N–H and O–H groups in total. The zero-order valence-corrected chi connectivity index (χ0v) is 10.5. The molecule has 0 saturated carbocycles. The number of nitrogens with zero attached hydrogens (tertiary/aromatic N) is 4. The van der Waals surface area contributed by atoms with Gasteiger partial charge in [0.2, 0.25) is 0 Å². The van der Waals surface area contributed by atoms with Crippen molar-refractivity contribution in [3.8, 4) is 17.5 Å². The number of aromatic nitrogens is 3. The molecule has 3 aromatic rings. The van der Waals surface area contributed by atoms with Gasteiger partial charge in [-0.15, -0.1) is 0 Å². The Morgan fingerprint density at radius 2 is 2.00 bits per heavy atom. The van der Waals surface area contributed by atoms with Crippen LogP contribution in [0.1, 0.15) is 12.5 Å². The summed E-state index contributed by atoms with van der Waals surface area (Å²) >= 11 is 0. The van der Waals surface area contributed by atoms with Gasteiger partial charge >= 0.3 is 0 Å². The smallest absolute Gasteiger partial charge is 0.141 e. The van der Waals surface area contributed by atoms with E-state index in [0.29, 0.717) is 5.56 Å². The molecular weight excluding hydrogens is 236 g/mol. The fourth-order valence-corrected chi connectivity index (χ4v) is 2.24. The van der Waals surface area contributed by atoms with Crippen molar-refractivity contribution in [2.75, 3.05) is 0 Å². The molecule has 0 spiro atoms. The molecule has 0 aliphatic rings. The summed E-state index contributed by atoms with van der Waals surface area (Å²) in [5, 5.41) is 8.95. The number of nitriles is 1. The van der Waals surface area contributed by atoms with Crippen molar-refractivity contribution in [2.24, 2.45) is 0 Å². The number of hydrogen-bond donors (Lipinski definition) is 0. The Hall–Kier alpha value is -2.67. The molecule has 0 bridgehead atoms. The monoisotopic (exact) mass is 248 g/mol. The highest BCUT2D eigenvalue weighted by Crippen LogP contribution is 2.24. The summed E-state index contributed by atoms with van der Waals surface area (Å²) in [5.41, 5.74) is 3.57. The van der Waals surface area contributed by atoms with Gasteiger partial charge in [-0.25, -0.2) is 4.98 Å². The van der Waals surface area contributed by atoms with E-state index < -0.39 is 0 Å². The van der Waals surface area contributed by atoms with Crippen LogP contribution in [0, 0.1) is 11.3 Å². The summed E-state index contributed by atoms with van der Waals surface area (Å²) in [6.07, 6.45) is 3.52. The minimum Gasteiger partial charge on any atom is -0.324 e. The van der Waals surface area contributed by atoms with E-state index in [1.165, 1.54) is 0 Å². The number of pyridine rings is 1. The van der Waals surface area contributed by atoms with Gasteiger partial charge in [0.15, 0.2) is 0 Å². The van der Waals surface area contributed by atoms with Crippen LogP contribution in [-0.2, 0) is 6.54 Å². The predicted octanol–water partition coefficient (Wildman–Crippen LogP) is 2.99. The first-order valence-corrected chi connectivity index (χ1v) is 6.14. The lowest BCUT2D eigenvalue weighted by Crippen LogP contribution is -1.97. The van der Waals surface area contributed by atoms with Crippen molar-refractivity contribution in [3.05, 3.63) is 48.3 Å². The largest absolute Gasteiger partial charge is 0.324 e. The molecule has 0 aliphatic carbocycles. The second-order valence-electron chi connectivity index (χ2n) is 4.23. The van der Waals surface area contributed by atoms with Gasteiger partial charge in [0.25, 0.3) is 0 Å². The van der Waals surface area contributed by atoms with Crippen LogP contribution >= 0.6 is 0 Å². The van der Waals surface area contributed by atoms with Crippen LogP contribution in [0.25, 0.3) is 22.4 Å². The standard InChI is InChI=1S/C15H12N4/c1-2-19-14-4-3-11(10-16)9-13(14)18-15(19)12-5-7-17-8-6-12/h3-9H,2H2,1H3. The van der Waals surface area contributed by atoms with E-state index in [2.05, 4.69) is 27.5 Å². The van der Waals surface area contributed by atoms with E-state index in [1.54, 1.807) is 12.4 Å². The maximum Gasteiger partial charge on any atom is 0.141 e. The number of hydrogen-bond acceptors (Lipinski definition) is 3. The number of rotatable bonds is 2. The molecule has 0 unspecified atom stereocenters. The average Bonchev–Trinajstić information content (AvgIpc) is 2.85. The molecule has 4 nitrogen and oxygen atoms in total. The van der Waals surface area contributed by atoms with Crippen molar-refractivity contribution in [3.63, 3.8) is 0 Å². The molecule has 0 aliphatic heterocycles. The molecular formula is C15H12N4. The minimum atomic E-state index is 0.634. The first-order chi connectivity index (χ1) is 9.33. The molecule has 2 aromatic heterocycles. The highest BCUT2D eigenvalue weighted by molar-refractivity contribution is 5.81. The number of aryl methyl sites for hydroxylation is 1. The normalized spacial score (nSPS) is 10.5. The molecule has 1 aromatic carbocycles. The Kier molecular flexibility index (Phi) is 2.73. The zero-order chi connectivity index (χ0) is 13.2. The number of benzene rings is 1. The quantitative estimate of drug-likeness (QED) is 0.700. The maximum absolute atomic E-state index is 8.95. The van der Waals surface area contributed by atoms with Gasteiger partial charge in [-0.1, -0.05) is 0 Å². The molecule has 19 heavy (non-hydrogen) atoms. The van der Waals surface area contributed by atoms with Gasteiger partial charge in [0, 0.05) is 24.5 Å². The van der Waals surface area contributed by atoms with Gasteiger partial charge in [0.1, 0.15) is 5.82 Å². The summed E-state index contributed by atoms with van der Waals surface area (Å²) in [4.78, 5) is 8.67. The summed E-state index contributed by atoms with van der Waals surface area (Å²) in [6.45, 7) is 2.92. The lowest BCUT2D eigenvalue weighted by atomic mass is 10.2. The molecule has 0 atom stereocenters. The van der Waals surface area contributed by atoms with Gasteiger partial charge in [0.05, 0.1) is 22.7 Å². The third-order valence-electron chi connectivity index (χ3n) is 3.13. The minimum absolute atomic E-state index is 0.634. The highest BCUT2D eigenvalue weighted by atomic mass is 15.1. The van der Waals surface area contributed by atoms with Crippen LogP contribution in [0.5, 0.6) is 0 Å². The van der Waals surface area contributed by atoms with E-state index in [9.17, 15) is 0 Å². The van der Waals surface area contributed by atoms with E-state index in [1.807, 2.05) is 30.3 Å². The third-order valence-corrected chi connectivity index (χ3v) is 3.13. The topological polar surface area (TPSA) is 54.5 Å². The summed E-state index contributed by atoms with van der Waals surface area (Å²) in [5.74, 6) is 0.912. The van der Waals surface area contributed by atoms with E-state index in [-0.39, 0.29) is 0 Å². The van der Waals surface area contributed by atoms with Gasteiger partial charge in [-0.05, 0) is 37.3 Å². The Balaban J connectivity index is 2.28. The Morgan fingerprint density at radius 3 is 2.68 bits per heavy atom. The molecule has 0 fully saturated rings. The number of imidazole rings is 1. The fraction of sp³-hybridized carbons (Fsp3) is 0.133. The van der Waals surface area contributed by atoms with Crippen LogP contribution in [0.2, 0.25) is 0 Å². The highest BCUT2D eigenvalue weighted by Gasteiger charge is 2.11. The van der Waals surface area contributed by atoms with Gasteiger partial charge in [-0.2, -0.15) is 5.26 Å². The number of fused-ring (bicyclic) bond motifs is 1. The summed E-state index contributed by atoms with van der Waals surface area (Å²) < 4.78 is 2.14. The molecule has 2 heterocycles. The van der Waals surface area contributed by atoms with E-state index in [0.717, 1.165) is 29.0 Å². The van der Waals surface area contributed by atoms with Crippen molar-refractivity contribution in [1.29, 1.82) is 5.26 Å². The van der Waals surface area contributed by atoms with Gasteiger partial charge in [-0.3, -0.25) is 4.98 Å². The first kappa shape index (κ1) is 11.4. The van der Waals surface area contributed by atoms with Crippen molar-refractivity contribution in [2.45, 2.75) is 13.5 Å². The fourth-order valence-electron chi connectivity index (χ4n) is 2.24. The molecule has 3 rings (SSSR count). The Labute approximate surface area is 111 Å². The lowest BCUT2D eigenvalue weighted by Gasteiger charge is -2.05. The van der Waals surface area contributed by atoms with Crippen LogP contribution in [0.3, 0.4) is 0 Å². The maximum atomic E-state index is 8.95. The molecule has 0 amide bonds. The Bertz CT molecular complexity index is 766. The third kappa shape index (κ3) is 1.85. The predicted molar refractivity (Wildman–Crippen MR) is 73.4 cm³/mol. The first-order valence-electron chi connectivity index (χ1n) is 6.14. The SMILES string of the molecule is CCn1c(-c2ccncc2)nc2cc(C#N)ccc21. The second kappa shape index (κ2) is 4.54. The molecule has 4 heteroatoms. The lowest BCUT2D eigenvalue weighted by molar-refractivity contribution is 0.796. The van der Waals surface area contributed by atoms with Crippen molar-refractivity contribution < 1.29 is 0 Å². The van der Waals surface area contributed by atoms with Crippen LogP contribution < -0.4 is 0 Å². The van der Waals surface area contributed by atoms with Crippen LogP contribution in [0.15, 0.2) is 42.7 Å². The van der Waals surface area contributed by atoms with Gasteiger partial charge < -0.3 is 4.57 Å². The zero-order valence-electron chi connectivity index (χ0n) is 10.5. The molecule has 0 saturated heterocycles. The average molecular weight is 248 g/mol. The summed E-state index contributed by atoms with van der Waals surface area (Å²) in [7, 11) is 0.